The number of nitrogens with zero attached hydrogens (tertiary/aromatic N) is 1. The van der Waals surface area contributed by atoms with E-state index in [2.05, 4.69) is 5.32 Å². The third-order valence-electron chi connectivity index (χ3n) is 4.65. The van der Waals surface area contributed by atoms with Crippen molar-refractivity contribution < 1.29 is 19.4 Å². The molecular weight excluding hydrogens is 272 g/mol. The first-order valence-corrected chi connectivity index (χ1v) is 7.80. The maximum Gasteiger partial charge on any atom is 0.317 e. The highest BCUT2D eigenvalue weighted by molar-refractivity contribution is 5.76. The van der Waals surface area contributed by atoms with E-state index in [1.54, 1.807) is 14.0 Å². The lowest BCUT2D eigenvalue weighted by atomic mass is 9.89. The third kappa shape index (κ3) is 4.09. The van der Waals surface area contributed by atoms with Gasteiger partial charge in [-0.25, -0.2) is 4.79 Å². The molecule has 2 atom stereocenters. The average molecular weight is 298 g/mol. The highest BCUT2D eigenvalue weighted by Crippen LogP contribution is 2.39. The van der Waals surface area contributed by atoms with Crippen molar-refractivity contribution in [2.75, 3.05) is 20.2 Å². The highest BCUT2D eigenvalue weighted by atomic mass is 16.5. The molecule has 1 heterocycles. The molecule has 0 aromatic rings. The number of carbonyl (C=O) groups is 2. The van der Waals surface area contributed by atoms with Crippen molar-refractivity contribution in [3.05, 3.63) is 0 Å². The Hall–Kier alpha value is -1.30. The number of rotatable bonds is 4. The summed E-state index contributed by atoms with van der Waals surface area (Å²) >= 11 is 0. The monoisotopic (exact) mass is 298 g/mol. The van der Waals surface area contributed by atoms with Crippen LogP contribution in [0.2, 0.25) is 0 Å². The molecule has 1 aliphatic heterocycles. The fraction of sp³-hybridized carbons (Fsp3) is 0.867. The summed E-state index contributed by atoms with van der Waals surface area (Å²) in [5.74, 6) is -1.44. The van der Waals surface area contributed by atoms with Crippen LogP contribution in [0.25, 0.3) is 0 Å². The molecule has 120 valence electrons. The van der Waals surface area contributed by atoms with Crippen LogP contribution in [0.5, 0.6) is 0 Å². The van der Waals surface area contributed by atoms with Crippen molar-refractivity contribution >= 4 is 12.0 Å². The Morgan fingerprint density at radius 1 is 1.43 bits per heavy atom. The normalized spacial score (nSPS) is 25.5. The van der Waals surface area contributed by atoms with Crippen LogP contribution in [0, 0.1) is 5.92 Å². The van der Waals surface area contributed by atoms with Gasteiger partial charge in [0.25, 0.3) is 0 Å². The minimum atomic E-state index is -0.884. The first kappa shape index (κ1) is 16.1. The lowest BCUT2D eigenvalue weighted by Crippen LogP contribution is -2.51. The Balaban J connectivity index is 1.83. The van der Waals surface area contributed by atoms with E-state index in [0.717, 1.165) is 25.7 Å². The zero-order valence-corrected chi connectivity index (χ0v) is 12.9. The molecule has 0 bridgehead atoms. The number of hydrogen-bond acceptors (Lipinski definition) is 3. The van der Waals surface area contributed by atoms with Crippen LogP contribution in [0.4, 0.5) is 4.79 Å². The van der Waals surface area contributed by atoms with Gasteiger partial charge in [-0.2, -0.15) is 0 Å². The van der Waals surface area contributed by atoms with Gasteiger partial charge in [-0.05, 0) is 25.7 Å². The zero-order chi connectivity index (χ0) is 15.5. The minimum absolute atomic E-state index is 0.0247. The van der Waals surface area contributed by atoms with Crippen LogP contribution in [0.1, 0.15) is 45.4 Å². The maximum absolute atomic E-state index is 12.2. The fourth-order valence-electron chi connectivity index (χ4n) is 3.38. The molecule has 2 N–H and O–H groups in total. The molecule has 2 unspecified atom stereocenters. The minimum Gasteiger partial charge on any atom is -0.481 e. The van der Waals surface area contributed by atoms with Crippen LogP contribution < -0.4 is 5.32 Å². The molecular formula is C15H26N2O4. The van der Waals surface area contributed by atoms with E-state index in [9.17, 15) is 9.59 Å². The van der Waals surface area contributed by atoms with Crippen LogP contribution in [-0.2, 0) is 9.53 Å². The van der Waals surface area contributed by atoms with E-state index in [-0.39, 0.29) is 24.2 Å². The average Bonchev–Trinajstić information content (AvgIpc) is 2.86. The van der Waals surface area contributed by atoms with Gasteiger partial charge in [0.05, 0.1) is 11.5 Å². The van der Waals surface area contributed by atoms with E-state index in [0.29, 0.717) is 6.61 Å². The van der Waals surface area contributed by atoms with Crippen LogP contribution in [0.15, 0.2) is 0 Å². The van der Waals surface area contributed by atoms with Crippen molar-refractivity contribution in [2.24, 2.45) is 5.92 Å². The van der Waals surface area contributed by atoms with Gasteiger partial charge in [-0.1, -0.05) is 19.8 Å². The van der Waals surface area contributed by atoms with Crippen molar-refractivity contribution in [2.45, 2.75) is 57.1 Å². The summed E-state index contributed by atoms with van der Waals surface area (Å²) in [6.07, 6.45) is 6.29. The Morgan fingerprint density at radius 2 is 2.10 bits per heavy atom. The van der Waals surface area contributed by atoms with Crippen molar-refractivity contribution in [3.63, 3.8) is 0 Å². The summed E-state index contributed by atoms with van der Waals surface area (Å²) in [6, 6.07) is -0.0601. The van der Waals surface area contributed by atoms with Crippen LogP contribution in [-0.4, -0.2) is 53.8 Å². The van der Waals surface area contributed by atoms with Gasteiger partial charge in [0, 0.05) is 26.2 Å². The largest absolute Gasteiger partial charge is 0.481 e. The van der Waals surface area contributed by atoms with Gasteiger partial charge < -0.3 is 20.1 Å². The van der Waals surface area contributed by atoms with Gasteiger partial charge in [-0.3, -0.25) is 4.79 Å². The number of hydrogen-bond donors (Lipinski definition) is 2. The Labute approximate surface area is 125 Å². The van der Waals surface area contributed by atoms with E-state index in [1.165, 1.54) is 17.7 Å². The van der Waals surface area contributed by atoms with Gasteiger partial charge in [-0.15, -0.1) is 0 Å². The van der Waals surface area contributed by atoms with Crippen molar-refractivity contribution in [3.8, 4) is 0 Å². The molecule has 0 aromatic heterocycles. The third-order valence-corrected chi connectivity index (χ3v) is 4.65. The van der Waals surface area contributed by atoms with E-state index in [1.807, 2.05) is 0 Å². The van der Waals surface area contributed by atoms with Gasteiger partial charge in [0.1, 0.15) is 0 Å². The van der Waals surface area contributed by atoms with Gasteiger partial charge in [0.15, 0.2) is 0 Å². The number of carboxylic acids is 1. The summed E-state index contributed by atoms with van der Waals surface area (Å²) in [4.78, 5) is 24.4. The number of nitrogens with one attached hydrogen (secondary N) is 1. The number of aliphatic carboxylic acids is 1. The molecule has 1 saturated carbocycles. The zero-order valence-electron chi connectivity index (χ0n) is 12.9. The Kier molecular flexibility index (Phi) is 5.08. The molecule has 2 aliphatic rings. The summed E-state index contributed by atoms with van der Waals surface area (Å²) < 4.78 is 5.95. The Bertz CT molecular complexity index is 393. The standard InChI is InChI=1S/C15H26N2O4/c1-11(13(18)19)10-17(2)14(20)16-12-5-8-21-15(9-12)6-3-4-7-15/h11-12H,3-10H2,1-2H3,(H,16,20)(H,18,19). The summed E-state index contributed by atoms with van der Waals surface area (Å²) in [5.41, 5.74) is -0.0247. The van der Waals surface area contributed by atoms with Crippen molar-refractivity contribution in [1.82, 2.24) is 10.2 Å². The number of carboxylic acid groups (broad SMARTS) is 1. The maximum atomic E-state index is 12.2. The summed E-state index contributed by atoms with van der Waals surface area (Å²) in [6.45, 7) is 2.52. The molecule has 0 aromatic carbocycles. The highest BCUT2D eigenvalue weighted by Gasteiger charge is 2.40. The predicted octanol–water partition coefficient (Wildman–Crippen LogP) is 1.84. The molecule has 0 radical (unpaired) electrons. The molecule has 1 saturated heterocycles. The summed E-state index contributed by atoms with van der Waals surface area (Å²) in [5, 5.41) is 11.9. The predicted molar refractivity (Wildman–Crippen MR) is 78.1 cm³/mol. The molecule has 1 aliphatic carbocycles. The number of amides is 2. The first-order valence-electron chi connectivity index (χ1n) is 7.80. The van der Waals surface area contributed by atoms with Crippen LogP contribution in [0.3, 0.4) is 0 Å². The molecule has 1 spiro atoms. The SMILES string of the molecule is CC(CN(C)C(=O)NC1CCOC2(CCCC2)C1)C(=O)O. The second-order valence-corrected chi connectivity index (χ2v) is 6.50. The lowest BCUT2D eigenvalue weighted by Gasteiger charge is -2.39. The smallest absolute Gasteiger partial charge is 0.317 e. The molecule has 2 amide bonds. The molecule has 21 heavy (non-hydrogen) atoms. The number of ether oxygens (including phenoxy) is 1. The molecule has 6 heteroatoms. The summed E-state index contributed by atoms with van der Waals surface area (Å²) in [7, 11) is 1.64. The van der Waals surface area contributed by atoms with E-state index >= 15 is 0 Å². The van der Waals surface area contributed by atoms with Gasteiger partial charge in [0.2, 0.25) is 0 Å². The van der Waals surface area contributed by atoms with E-state index < -0.39 is 11.9 Å². The lowest BCUT2D eigenvalue weighted by molar-refractivity contribution is -0.141. The fourth-order valence-corrected chi connectivity index (χ4v) is 3.38. The first-order chi connectivity index (χ1) is 9.92. The Morgan fingerprint density at radius 3 is 2.71 bits per heavy atom. The molecule has 6 nitrogen and oxygen atoms in total. The van der Waals surface area contributed by atoms with Crippen LogP contribution >= 0.6 is 0 Å². The number of urea groups is 1. The second kappa shape index (κ2) is 6.64. The number of carbonyl (C=O) groups excluding carboxylic acids is 1. The van der Waals surface area contributed by atoms with E-state index in [4.69, 9.17) is 9.84 Å². The molecule has 2 fully saturated rings. The quantitative estimate of drug-likeness (QED) is 0.830. The second-order valence-electron chi connectivity index (χ2n) is 6.50. The van der Waals surface area contributed by atoms with Gasteiger partial charge >= 0.3 is 12.0 Å². The topological polar surface area (TPSA) is 78.9 Å². The molecule has 2 rings (SSSR count). The van der Waals surface area contributed by atoms with Crippen molar-refractivity contribution in [1.29, 1.82) is 0 Å².